The van der Waals surface area contributed by atoms with Crippen molar-refractivity contribution in [2.75, 3.05) is 0 Å². The molecule has 134 valence electrons. The zero-order chi connectivity index (χ0) is 18.6. The van der Waals surface area contributed by atoms with Crippen LogP contribution in [0.3, 0.4) is 0 Å². The first-order chi connectivity index (χ1) is 12.5. The Morgan fingerprint density at radius 3 is 2.65 bits per heavy atom. The minimum atomic E-state index is -1.47. The number of hydrogen-bond acceptors (Lipinski definition) is 8. The van der Waals surface area contributed by atoms with Crippen molar-refractivity contribution in [1.82, 2.24) is 4.98 Å². The van der Waals surface area contributed by atoms with Gasteiger partial charge < -0.3 is 9.47 Å². The maximum atomic E-state index is 12.6. The zero-order valence-corrected chi connectivity index (χ0v) is 14.3. The minimum absolute atomic E-state index is 0.0491. The average molecular weight is 374 g/mol. The summed E-state index contributed by atoms with van der Waals surface area (Å²) in [6.45, 7) is -0.0844. The van der Waals surface area contributed by atoms with E-state index in [1.807, 2.05) is 0 Å². The SMILES string of the molecule is O=C1CCC(Sc2ccccn2)(C(=O)OCc2ccc([N+](=O)[O-])cc2)O1. The third-order valence-corrected chi connectivity index (χ3v) is 4.91. The molecular weight excluding hydrogens is 360 g/mol. The molecule has 9 heteroatoms. The first-order valence-corrected chi connectivity index (χ1v) is 8.53. The summed E-state index contributed by atoms with van der Waals surface area (Å²) in [6, 6.07) is 10.9. The number of nitrogens with zero attached hydrogens (tertiary/aromatic N) is 2. The lowest BCUT2D eigenvalue weighted by atomic mass is 10.2. The normalized spacial score (nSPS) is 19.0. The highest BCUT2D eigenvalue weighted by atomic mass is 32.2. The number of carbonyl (C=O) groups is 2. The van der Waals surface area contributed by atoms with Crippen LogP contribution in [0.5, 0.6) is 0 Å². The minimum Gasteiger partial charge on any atom is -0.457 e. The first-order valence-electron chi connectivity index (χ1n) is 7.71. The van der Waals surface area contributed by atoms with Gasteiger partial charge in [-0.2, -0.15) is 0 Å². The molecule has 3 rings (SSSR count). The van der Waals surface area contributed by atoms with Crippen LogP contribution in [0.15, 0.2) is 53.7 Å². The Labute approximate surface area is 152 Å². The number of aromatic nitrogens is 1. The summed E-state index contributed by atoms with van der Waals surface area (Å²) in [5.74, 6) is -1.15. The molecule has 0 spiro atoms. The molecule has 1 fully saturated rings. The van der Waals surface area contributed by atoms with E-state index in [9.17, 15) is 19.7 Å². The molecular formula is C17H14N2O6S. The Morgan fingerprint density at radius 2 is 2.08 bits per heavy atom. The lowest BCUT2D eigenvalue weighted by molar-refractivity contribution is -0.384. The number of thioether (sulfide) groups is 1. The van der Waals surface area contributed by atoms with Gasteiger partial charge in [-0.15, -0.1) is 0 Å². The third kappa shape index (κ3) is 3.99. The fourth-order valence-electron chi connectivity index (χ4n) is 2.36. The Bertz CT molecular complexity index is 827. The van der Waals surface area contributed by atoms with Crippen LogP contribution < -0.4 is 0 Å². The summed E-state index contributed by atoms with van der Waals surface area (Å²) in [6.07, 6.45) is 1.88. The van der Waals surface area contributed by atoms with Crippen LogP contribution in [0.2, 0.25) is 0 Å². The summed E-state index contributed by atoms with van der Waals surface area (Å²) in [5.41, 5.74) is 0.540. The van der Waals surface area contributed by atoms with Gasteiger partial charge in [-0.1, -0.05) is 6.07 Å². The molecule has 0 saturated carbocycles. The number of ether oxygens (including phenoxy) is 2. The highest BCUT2D eigenvalue weighted by molar-refractivity contribution is 8.01. The van der Waals surface area contributed by atoms with E-state index < -0.39 is 21.8 Å². The Hall–Kier alpha value is -2.94. The van der Waals surface area contributed by atoms with Crippen molar-refractivity contribution in [3.05, 3.63) is 64.3 Å². The summed E-state index contributed by atoms with van der Waals surface area (Å²) >= 11 is 1.03. The molecule has 0 N–H and O–H groups in total. The van der Waals surface area contributed by atoms with Gasteiger partial charge in [0, 0.05) is 24.8 Å². The van der Waals surface area contributed by atoms with Gasteiger partial charge in [0.15, 0.2) is 0 Å². The predicted octanol–water partition coefficient (Wildman–Crippen LogP) is 2.86. The number of esters is 2. The number of carbonyl (C=O) groups excluding carboxylic acids is 2. The molecule has 0 aliphatic carbocycles. The maximum Gasteiger partial charge on any atom is 0.362 e. The van der Waals surface area contributed by atoms with Crippen LogP contribution in [-0.4, -0.2) is 26.8 Å². The van der Waals surface area contributed by atoms with Crippen LogP contribution in [0, 0.1) is 10.1 Å². The number of pyridine rings is 1. The van der Waals surface area contributed by atoms with Crippen molar-refractivity contribution in [2.24, 2.45) is 0 Å². The number of cyclic esters (lactones) is 1. The van der Waals surface area contributed by atoms with Crippen LogP contribution in [0.4, 0.5) is 5.69 Å². The quantitative estimate of drug-likeness (QED) is 0.431. The second kappa shape index (κ2) is 7.52. The van der Waals surface area contributed by atoms with Crippen LogP contribution in [0.1, 0.15) is 18.4 Å². The van der Waals surface area contributed by atoms with E-state index in [0.29, 0.717) is 10.6 Å². The van der Waals surface area contributed by atoms with Gasteiger partial charge >= 0.3 is 11.9 Å². The number of nitro groups is 1. The van der Waals surface area contributed by atoms with Crippen LogP contribution >= 0.6 is 11.8 Å². The van der Waals surface area contributed by atoms with Gasteiger partial charge in [0.25, 0.3) is 10.6 Å². The predicted molar refractivity (Wildman–Crippen MR) is 91.0 cm³/mol. The largest absolute Gasteiger partial charge is 0.457 e. The van der Waals surface area contributed by atoms with Crippen molar-refractivity contribution in [1.29, 1.82) is 0 Å². The molecule has 1 saturated heterocycles. The Morgan fingerprint density at radius 1 is 1.31 bits per heavy atom. The Kier molecular flexibility index (Phi) is 5.17. The fraction of sp³-hybridized carbons (Fsp3) is 0.235. The number of nitro benzene ring substituents is 1. The Balaban J connectivity index is 1.70. The van der Waals surface area contributed by atoms with E-state index in [4.69, 9.17) is 9.47 Å². The smallest absolute Gasteiger partial charge is 0.362 e. The van der Waals surface area contributed by atoms with Crippen molar-refractivity contribution >= 4 is 29.4 Å². The summed E-state index contributed by atoms with van der Waals surface area (Å²) < 4.78 is 10.6. The van der Waals surface area contributed by atoms with Gasteiger partial charge in [-0.3, -0.25) is 14.9 Å². The molecule has 2 aromatic rings. The molecule has 1 unspecified atom stereocenters. The molecule has 1 aliphatic rings. The van der Waals surface area contributed by atoms with E-state index in [1.54, 1.807) is 24.4 Å². The van der Waals surface area contributed by atoms with E-state index in [1.165, 1.54) is 24.3 Å². The standard InChI is InChI=1S/C17H14N2O6S/c20-15-8-9-17(25-15,26-14-3-1-2-10-18-14)16(21)24-11-12-4-6-13(7-5-12)19(22)23/h1-7,10H,8-9,11H2. The van der Waals surface area contributed by atoms with E-state index >= 15 is 0 Å². The summed E-state index contributed by atoms with van der Waals surface area (Å²) in [7, 11) is 0. The van der Waals surface area contributed by atoms with Crippen molar-refractivity contribution < 1.29 is 24.0 Å². The van der Waals surface area contributed by atoms with Gasteiger partial charge in [0.2, 0.25) is 0 Å². The van der Waals surface area contributed by atoms with E-state index in [0.717, 1.165) is 11.8 Å². The van der Waals surface area contributed by atoms with Crippen molar-refractivity contribution in [3.8, 4) is 0 Å². The highest BCUT2D eigenvalue weighted by Crippen LogP contribution is 2.42. The molecule has 1 aromatic carbocycles. The van der Waals surface area contributed by atoms with Gasteiger partial charge in [-0.25, -0.2) is 9.78 Å². The topological polar surface area (TPSA) is 109 Å². The molecule has 1 aromatic heterocycles. The lowest BCUT2D eigenvalue weighted by Gasteiger charge is -2.24. The molecule has 1 aliphatic heterocycles. The van der Waals surface area contributed by atoms with Crippen LogP contribution in [-0.2, 0) is 25.7 Å². The number of benzene rings is 1. The third-order valence-electron chi connectivity index (χ3n) is 3.67. The molecule has 1 atom stereocenters. The van der Waals surface area contributed by atoms with Gasteiger partial charge in [0.1, 0.15) is 11.6 Å². The lowest BCUT2D eigenvalue weighted by Crippen LogP contribution is -2.36. The maximum absolute atomic E-state index is 12.6. The monoisotopic (exact) mass is 374 g/mol. The summed E-state index contributed by atoms with van der Waals surface area (Å²) in [5, 5.41) is 11.2. The van der Waals surface area contributed by atoms with Crippen molar-refractivity contribution in [3.63, 3.8) is 0 Å². The second-order valence-electron chi connectivity index (χ2n) is 5.50. The molecule has 2 heterocycles. The van der Waals surface area contributed by atoms with E-state index in [-0.39, 0.29) is 25.1 Å². The van der Waals surface area contributed by atoms with Crippen molar-refractivity contribution in [2.45, 2.75) is 29.4 Å². The summed E-state index contributed by atoms with van der Waals surface area (Å²) in [4.78, 5) is 37.0. The molecule has 0 bridgehead atoms. The number of non-ortho nitro benzene ring substituents is 1. The molecule has 26 heavy (non-hydrogen) atoms. The fourth-order valence-corrected chi connectivity index (χ4v) is 3.44. The number of rotatable bonds is 6. The van der Waals surface area contributed by atoms with Gasteiger partial charge in [-0.05, 0) is 41.6 Å². The molecule has 0 amide bonds. The van der Waals surface area contributed by atoms with E-state index in [2.05, 4.69) is 4.98 Å². The molecule has 8 nitrogen and oxygen atoms in total. The van der Waals surface area contributed by atoms with Crippen LogP contribution in [0.25, 0.3) is 0 Å². The van der Waals surface area contributed by atoms with Gasteiger partial charge in [0.05, 0.1) is 11.3 Å². The average Bonchev–Trinajstić information content (AvgIpc) is 3.02. The molecule has 0 radical (unpaired) electrons. The first kappa shape index (κ1) is 17.9. The zero-order valence-electron chi connectivity index (χ0n) is 13.5. The second-order valence-corrected chi connectivity index (χ2v) is 6.78. The highest BCUT2D eigenvalue weighted by Gasteiger charge is 2.50. The number of hydrogen-bond donors (Lipinski definition) is 0.